The Kier molecular flexibility index (Phi) is 66.3. The zero-order chi connectivity index (χ0) is 3.54. The van der Waals surface area contributed by atoms with E-state index in [2.05, 4.69) is 0 Å². The van der Waals surface area contributed by atoms with Gasteiger partial charge < -0.3 is 79.4 Å². The third-order valence-electron chi connectivity index (χ3n) is 0.556. The Balaban J connectivity index is -0.0000000167. The van der Waals surface area contributed by atoms with Crippen molar-refractivity contribution in [2.24, 2.45) is 0 Å². The Morgan fingerprint density at radius 3 is 1.20 bits per heavy atom. The van der Waals surface area contributed by atoms with Crippen molar-refractivity contribution in [2.45, 2.75) is 0 Å². The van der Waals surface area contributed by atoms with Gasteiger partial charge in [-0.1, -0.05) is 0 Å². The van der Waals surface area contributed by atoms with Crippen LogP contribution in [0.15, 0.2) is 30.3 Å². The van der Waals surface area contributed by atoms with Gasteiger partial charge in [0.15, 0.2) is 0 Å². The summed E-state index contributed by atoms with van der Waals surface area (Å²) in [5.74, 6) is 0. The van der Waals surface area contributed by atoms with Crippen molar-refractivity contribution in [1.82, 2.24) is 0 Å². The molecule has 1 radical (unpaired) electrons. The summed E-state index contributed by atoms with van der Waals surface area (Å²) >= 11 is 0. The van der Waals surface area contributed by atoms with E-state index in [1.165, 1.54) is 0 Å². The molecule has 0 spiro atoms. The summed E-state index contributed by atoms with van der Waals surface area (Å²) in [5.41, 5.74) is 0. The molecule has 0 heterocycles. The fourth-order valence-corrected chi connectivity index (χ4v) is 0.321. The van der Waals surface area contributed by atoms with E-state index in [4.69, 9.17) is 0 Å². The van der Waals surface area contributed by atoms with E-state index in [1.54, 1.807) is 0 Å². The van der Waals surface area contributed by atoms with Gasteiger partial charge >= 0.3 is 21.7 Å². The molecule has 0 fully saturated rings. The SMILES string of the molecule is [CH3-].[I-].[I-].[I-].[Ti+3].c1cc[cH-]c1. The molecule has 0 saturated heterocycles. The normalized spacial score (nSPS) is 4.00. The predicted molar refractivity (Wildman–Crippen MR) is 28.4 cm³/mol. The van der Waals surface area contributed by atoms with Crippen molar-refractivity contribution in [3.8, 4) is 0 Å². The maximum absolute atomic E-state index is 2.00. The van der Waals surface area contributed by atoms with Crippen LogP contribution >= 0.6 is 0 Å². The average Bonchev–Trinajstić information content (AvgIpc) is 1.76. The molecule has 0 nitrogen and oxygen atoms in total. The molecule has 0 amide bonds. The molecule has 0 aliphatic heterocycles. The molecule has 1 aromatic rings. The van der Waals surface area contributed by atoms with E-state index in [9.17, 15) is 0 Å². The van der Waals surface area contributed by atoms with Gasteiger partial charge in [-0.05, 0) is 0 Å². The van der Waals surface area contributed by atoms with Gasteiger partial charge in [-0.3, -0.25) is 0 Å². The van der Waals surface area contributed by atoms with Crippen LogP contribution in [-0.2, 0) is 21.7 Å². The molecular weight excluding hydrogens is 501 g/mol. The van der Waals surface area contributed by atoms with Crippen molar-refractivity contribution in [3.05, 3.63) is 37.8 Å². The topological polar surface area (TPSA) is 0 Å². The first kappa shape index (κ1) is 29.5. The molecule has 10 heavy (non-hydrogen) atoms. The van der Waals surface area contributed by atoms with Crippen molar-refractivity contribution in [1.29, 1.82) is 0 Å². The third kappa shape index (κ3) is 16.7. The summed E-state index contributed by atoms with van der Waals surface area (Å²) < 4.78 is 0. The van der Waals surface area contributed by atoms with Crippen molar-refractivity contribution in [3.63, 3.8) is 0 Å². The van der Waals surface area contributed by atoms with Crippen LogP contribution in [0.1, 0.15) is 0 Å². The summed E-state index contributed by atoms with van der Waals surface area (Å²) in [6, 6.07) is 10.0. The van der Waals surface area contributed by atoms with Crippen LogP contribution in [0.2, 0.25) is 0 Å². The van der Waals surface area contributed by atoms with Gasteiger partial charge in [0, 0.05) is 0 Å². The molecule has 1 rings (SSSR count). The first-order valence-corrected chi connectivity index (χ1v) is 1.67. The first-order valence-electron chi connectivity index (χ1n) is 1.67. The maximum Gasteiger partial charge on any atom is 3.00 e. The molecule has 0 aliphatic carbocycles. The number of hydrogen-bond acceptors (Lipinski definition) is 0. The van der Waals surface area contributed by atoms with Gasteiger partial charge in [-0.15, -0.1) is 0 Å². The van der Waals surface area contributed by atoms with Crippen LogP contribution in [-0.4, -0.2) is 0 Å². The molecule has 0 aliphatic rings. The van der Waals surface area contributed by atoms with Gasteiger partial charge in [-0.25, -0.2) is 12.1 Å². The zero-order valence-electron chi connectivity index (χ0n) is 5.52. The van der Waals surface area contributed by atoms with E-state index in [-0.39, 0.29) is 101 Å². The Morgan fingerprint density at radius 2 is 1.10 bits per heavy atom. The van der Waals surface area contributed by atoms with Gasteiger partial charge in [-0.2, -0.15) is 18.2 Å². The van der Waals surface area contributed by atoms with Crippen molar-refractivity contribution in [2.75, 3.05) is 0 Å². The summed E-state index contributed by atoms with van der Waals surface area (Å²) in [5, 5.41) is 0. The van der Waals surface area contributed by atoms with E-state index < -0.39 is 0 Å². The molecule has 4 heteroatoms. The van der Waals surface area contributed by atoms with Crippen LogP contribution < -0.4 is 71.9 Å². The second-order valence-electron chi connectivity index (χ2n) is 0.962. The van der Waals surface area contributed by atoms with Crippen LogP contribution in [0.3, 0.4) is 0 Å². The Hall–Kier alpha value is 2.25. The summed E-state index contributed by atoms with van der Waals surface area (Å²) in [6.07, 6.45) is 0. The molecule has 0 saturated carbocycles. The minimum atomic E-state index is 0. The fraction of sp³-hybridized carbons (Fsp3) is 0. The monoisotopic (exact) mass is 509 g/mol. The van der Waals surface area contributed by atoms with Crippen molar-refractivity contribution >= 4 is 0 Å². The van der Waals surface area contributed by atoms with E-state index in [0.29, 0.717) is 0 Å². The largest absolute Gasteiger partial charge is 3.00 e. The van der Waals surface area contributed by atoms with E-state index in [1.807, 2.05) is 30.3 Å². The molecule has 59 valence electrons. The Bertz CT molecular complexity index is 69.5. The maximum atomic E-state index is 2.00. The number of rotatable bonds is 0. The van der Waals surface area contributed by atoms with Crippen LogP contribution in [0, 0.1) is 7.43 Å². The van der Waals surface area contributed by atoms with Crippen LogP contribution in [0.4, 0.5) is 0 Å². The summed E-state index contributed by atoms with van der Waals surface area (Å²) in [4.78, 5) is 0. The second-order valence-corrected chi connectivity index (χ2v) is 0.962. The standard InChI is InChI=1S/C5H5.CH3.3HI.Ti/c1-2-4-5-3-1;;;;;/h1-5H;1H3;3*1H;/q2*-1;;;;+3/p-3. The smallest absolute Gasteiger partial charge is 1.00 e. The molecule has 0 N–H and O–H groups in total. The zero-order valence-corrected chi connectivity index (χ0v) is 13.6. The minimum Gasteiger partial charge on any atom is -1.00 e. The molecular formula is C6H8I3Ti-2. The third-order valence-corrected chi connectivity index (χ3v) is 0.556. The first-order chi connectivity index (χ1) is 2.50. The van der Waals surface area contributed by atoms with Gasteiger partial charge in [0.25, 0.3) is 0 Å². The van der Waals surface area contributed by atoms with Gasteiger partial charge in [0.2, 0.25) is 0 Å². The van der Waals surface area contributed by atoms with Crippen LogP contribution in [0.25, 0.3) is 0 Å². The summed E-state index contributed by atoms with van der Waals surface area (Å²) in [6.45, 7) is 0. The van der Waals surface area contributed by atoms with Gasteiger partial charge in [0.05, 0.1) is 0 Å². The van der Waals surface area contributed by atoms with Crippen LogP contribution in [0.5, 0.6) is 0 Å². The van der Waals surface area contributed by atoms with E-state index in [0.717, 1.165) is 0 Å². The predicted octanol–water partition coefficient (Wildman–Crippen LogP) is -7.13. The van der Waals surface area contributed by atoms with E-state index >= 15 is 0 Å². The minimum absolute atomic E-state index is 0. The quantitative estimate of drug-likeness (QED) is 0.186. The average molecular weight is 509 g/mol. The van der Waals surface area contributed by atoms with Gasteiger partial charge in [0.1, 0.15) is 0 Å². The molecule has 0 aromatic heterocycles. The fourth-order valence-electron chi connectivity index (χ4n) is 0.321. The molecule has 0 unspecified atom stereocenters. The molecule has 0 atom stereocenters. The van der Waals surface area contributed by atoms with Crippen molar-refractivity contribution < 1.29 is 93.6 Å². The Morgan fingerprint density at radius 1 is 0.800 bits per heavy atom. The number of halogens is 3. The molecule has 0 bridgehead atoms. The number of hydrogen-bond donors (Lipinski definition) is 0. The Labute approximate surface area is 129 Å². The second kappa shape index (κ2) is 22.5. The molecule has 1 aromatic carbocycles. The summed E-state index contributed by atoms with van der Waals surface area (Å²) in [7, 11) is 0.